The summed E-state index contributed by atoms with van der Waals surface area (Å²) in [5.41, 5.74) is 0.267. The first-order valence-electron chi connectivity index (χ1n) is 8.31. The summed E-state index contributed by atoms with van der Waals surface area (Å²) >= 11 is 6.02. The molecule has 0 atom stereocenters. The van der Waals surface area contributed by atoms with Gasteiger partial charge in [0.15, 0.2) is 0 Å². The Hall–Kier alpha value is -1.47. The van der Waals surface area contributed by atoms with Gasteiger partial charge in [-0.25, -0.2) is 8.42 Å². The van der Waals surface area contributed by atoms with Gasteiger partial charge in [0, 0.05) is 18.1 Å². The highest BCUT2D eigenvalue weighted by Crippen LogP contribution is 2.33. The fraction of sp³-hybridized carbons (Fsp3) is 0.588. The Balaban J connectivity index is 2.27. The van der Waals surface area contributed by atoms with Crippen LogP contribution in [-0.4, -0.2) is 52.2 Å². The maximum Gasteiger partial charge on any atom is 0.243 e. The third-order valence-electron chi connectivity index (χ3n) is 4.60. The molecule has 0 radical (unpaired) electrons. The molecular weight excluding hydrogens is 364 g/mol. The monoisotopic (exact) mass is 388 g/mol. The van der Waals surface area contributed by atoms with Crippen LogP contribution in [0, 0.1) is 0 Å². The quantitative estimate of drug-likeness (QED) is 0.751. The zero-order valence-electron chi connectivity index (χ0n) is 14.9. The molecule has 1 saturated carbocycles. The van der Waals surface area contributed by atoms with Gasteiger partial charge in [0.05, 0.1) is 19.1 Å². The predicted octanol–water partition coefficient (Wildman–Crippen LogP) is 2.91. The minimum Gasteiger partial charge on any atom is -0.495 e. The van der Waals surface area contributed by atoms with E-state index in [0.29, 0.717) is 10.8 Å². The van der Waals surface area contributed by atoms with E-state index < -0.39 is 10.0 Å². The molecule has 0 saturated heterocycles. The topological polar surface area (TPSA) is 66.9 Å². The number of rotatable bonds is 6. The molecule has 0 bridgehead atoms. The molecule has 1 amide bonds. The number of carbonyl (C=O) groups excluding carboxylic acids is 1. The van der Waals surface area contributed by atoms with Crippen LogP contribution in [0.3, 0.4) is 0 Å². The van der Waals surface area contributed by atoms with E-state index in [2.05, 4.69) is 0 Å². The summed E-state index contributed by atoms with van der Waals surface area (Å²) in [6.45, 7) is -0.275. The van der Waals surface area contributed by atoms with E-state index in [1.807, 2.05) is 0 Å². The van der Waals surface area contributed by atoms with Crippen molar-refractivity contribution in [1.82, 2.24) is 4.90 Å². The van der Waals surface area contributed by atoms with E-state index in [4.69, 9.17) is 16.3 Å². The zero-order valence-corrected chi connectivity index (χ0v) is 16.4. The van der Waals surface area contributed by atoms with E-state index in [9.17, 15) is 13.2 Å². The summed E-state index contributed by atoms with van der Waals surface area (Å²) < 4.78 is 30.9. The van der Waals surface area contributed by atoms with Gasteiger partial charge < -0.3 is 9.64 Å². The summed E-state index contributed by atoms with van der Waals surface area (Å²) in [6.07, 6.45) is 6.37. The maximum absolute atomic E-state index is 12.7. The molecule has 2 rings (SSSR count). The Morgan fingerprint density at radius 1 is 1.28 bits per heavy atom. The number of likely N-dealkylation sites (N-methyl/N-ethyl adjacent to an activating group) is 1. The van der Waals surface area contributed by atoms with Crippen LogP contribution in [0.2, 0.25) is 5.02 Å². The minimum absolute atomic E-state index is 0.170. The molecule has 0 aromatic heterocycles. The molecule has 1 aliphatic carbocycles. The van der Waals surface area contributed by atoms with Gasteiger partial charge in [-0.05, 0) is 31.0 Å². The van der Waals surface area contributed by atoms with Gasteiger partial charge in [0.2, 0.25) is 15.9 Å². The number of halogens is 1. The van der Waals surface area contributed by atoms with E-state index in [-0.39, 0.29) is 24.2 Å². The highest BCUT2D eigenvalue weighted by Gasteiger charge is 2.28. The highest BCUT2D eigenvalue weighted by atomic mass is 35.5. The minimum atomic E-state index is -3.68. The van der Waals surface area contributed by atoms with Crippen LogP contribution in [0.15, 0.2) is 18.2 Å². The van der Waals surface area contributed by atoms with Crippen LogP contribution in [0.4, 0.5) is 5.69 Å². The van der Waals surface area contributed by atoms with Gasteiger partial charge in [-0.15, -0.1) is 0 Å². The third-order valence-corrected chi connectivity index (χ3v) is 5.97. The van der Waals surface area contributed by atoms with Crippen molar-refractivity contribution in [3.05, 3.63) is 23.2 Å². The molecule has 1 aromatic rings. The standard InChI is InChI=1S/C17H25ClN2O4S/c1-19(14-7-5-4-6-8-14)17(21)12-20(25(3,22)23)15-11-13(18)9-10-16(15)24-2/h9-11,14H,4-8,12H2,1-3H3. The lowest BCUT2D eigenvalue weighted by Crippen LogP contribution is -2.45. The van der Waals surface area contributed by atoms with Gasteiger partial charge in [-0.2, -0.15) is 0 Å². The molecule has 0 N–H and O–H groups in total. The van der Waals surface area contributed by atoms with Crippen LogP contribution in [0.25, 0.3) is 0 Å². The average Bonchev–Trinajstić information content (AvgIpc) is 2.58. The second-order valence-corrected chi connectivity index (χ2v) is 8.73. The second kappa shape index (κ2) is 8.27. The van der Waals surface area contributed by atoms with Gasteiger partial charge in [-0.3, -0.25) is 9.10 Å². The SMILES string of the molecule is COc1ccc(Cl)cc1N(CC(=O)N(C)C1CCCCC1)S(C)(=O)=O. The fourth-order valence-corrected chi connectivity index (χ4v) is 4.16. The third kappa shape index (κ3) is 5.01. The molecule has 1 aliphatic rings. The van der Waals surface area contributed by atoms with Gasteiger partial charge in [0.25, 0.3) is 0 Å². The molecule has 6 nitrogen and oxygen atoms in total. The summed E-state index contributed by atoms with van der Waals surface area (Å²) in [5.74, 6) is 0.113. The van der Waals surface area contributed by atoms with Crippen LogP contribution in [0.5, 0.6) is 5.75 Å². The number of hydrogen-bond donors (Lipinski definition) is 0. The Labute approximate surface area is 154 Å². The first-order valence-corrected chi connectivity index (χ1v) is 10.5. The Bertz CT molecular complexity index is 717. The summed E-state index contributed by atoms with van der Waals surface area (Å²) in [4.78, 5) is 14.4. The van der Waals surface area contributed by atoms with E-state index >= 15 is 0 Å². The number of nitrogens with zero attached hydrogens (tertiary/aromatic N) is 2. The summed E-state index contributed by atoms with van der Waals surface area (Å²) in [7, 11) is -0.488. The number of hydrogen-bond acceptors (Lipinski definition) is 4. The Morgan fingerprint density at radius 2 is 1.92 bits per heavy atom. The van der Waals surface area contributed by atoms with Crippen LogP contribution in [-0.2, 0) is 14.8 Å². The molecule has 25 heavy (non-hydrogen) atoms. The number of carbonyl (C=O) groups is 1. The molecule has 0 unspecified atom stereocenters. The average molecular weight is 389 g/mol. The zero-order chi connectivity index (χ0) is 18.6. The van der Waals surface area contributed by atoms with Crippen molar-refractivity contribution in [2.24, 2.45) is 0 Å². The van der Waals surface area contributed by atoms with Crippen LogP contribution < -0.4 is 9.04 Å². The van der Waals surface area contributed by atoms with Crippen molar-refractivity contribution in [3.63, 3.8) is 0 Å². The lowest BCUT2D eigenvalue weighted by atomic mass is 9.94. The maximum atomic E-state index is 12.7. The van der Waals surface area contributed by atoms with Gasteiger partial charge in [-0.1, -0.05) is 30.9 Å². The highest BCUT2D eigenvalue weighted by molar-refractivity contribution is 7.92. The first-order chi connectivity index (χ1) is 11.7. The van der Waals surface area contributed by atoms with Crippen molar-refractivity contribution < 1.29 is 17.9 Å². The number of ether oxygens (including phenoxy) is 1. The van der Waals surface area contributed by atoms with Crippen molar-refractivity contribution in [3.8, 4) is 5.75 Å². The fourth-order valence-electron chi connectivity index (χ4n) is 3.15. The summed E-state index contributed by atoms with van der Waals surface area (Å²) in [5, 5.41) is 0.373. The molecule has 0 aliphatic heterocycles. The Morgan fingerprint density at radius 3 is 2.48 bits per heavy atom. The smallest absolute Gasteiger partial charge is 0.243 e. The van der Waals surface area contributed by atoms with Gasteiger partial charge >= 0.3 is 0 Å². The molecule has 1 fully saturated rings. The van der Waals surface area contributed by atoms with E-state index in [0.717, 1.165) is 36.2 Å². The second-order valence-electron chi connectivity index (χ2n) is 6.38. The molecule has 8 heteroatoms. The van der Waals surface area contributed by atoms with E-state index in [1.54, 1.807) is 24.1 Å². The molecule has 140 valence electrons. The molecule has 0 heterocycles. The van der Waals surface area contributed by atoms with Crippen LogP contribution in [0.1, 0.15) is 32.1 Å². The number of methoxy groups -OCH3 is 1. The number of benzene rings is 1. The van der Waals surface area contributed by atoms with Crippen molar-refractivity contribution >= 4 is 33.2 Å². The van der Waals surface area contributed by atoms with Crippen LogP contribution >= 0.6 is 11.6 Å². The predicted molar refractivity (Wildman–Crippen MR) is 99.8 cm³/mol. The number of sulfonamides is 1. The normalized spacial score (nSPS) is 15.7. The lowest BCUT2D eigenvalue weighted by Gasteiger charge is -2.33. The molecule has 1 aromatic carbocycles. The number of amides is 1. The lowest BCUT2D eigenvalue weighted by molar-refractivity contribution is -0.130. The molecular formula is C17H25ClN2O4S. The van der Waals surface area contributed by atoms with Crippen molar-refractivity contribution in [1.29, 1.82) is 0 Å². The Kier molecular flexibility index (Phi) is 6.57. The molecule has 0 spiro atoms. The van der Waals surface area contributed by atoms with Crippen molar-refractivity contribution in [2.45, 2.75) is 38.1 Å². The first kappa shape index (κ1) is 19.8. The van der Waals surface area contributed by atoms with E-state index in [1.165, 1.54) is 19.6 Å². The van der Waals surface area contributed by atoms with Crippen molar-refractivity contribution in [2.75, 3.05) is 31.3 Å². The van der Waals surface area contributed by atoms with Gasteiger partial charge in [0.1, 0.15) is 12.3 Å². The number of anilines is 1. The largest absolute Gasteiger partial charge is 0.495 e. The summed E-state index contributed by atoms with van der Waals surface area (Å²) in [6, 6.07) is 4.87.